The third-order valence-electron chi connectivity index (χ3n) is 5.73. The van der Waals surface area contributed by atoms with E-state index in [1.807, 2.05) is 20.8 Å². The standard InChI is InChI=1S/C23H32N2O4/c1-23(2,3)15-21(27)24(16-8-6-5-7-9-16)19-14-20(26)25(22(19)28)17-10-12-18(29-4)13-11-17/h10-13,16,19H,5-9,14-15H2,1-4H3. The number of imide groups is 1. The Balaban J connectivity index is 1.87. The Morgan fingerprint density at radius 1 is 1.10 bits per heavy atom. The van der Waals surface area contributed by atoms with Gasteiger partial charge in [-0.05, 0) is 42.5 Å². The minimum absolute atomic E-state index is 0.0212. The van der Waals surface area contributed by atoms with Crippen LogP contribution in [-0.2, 0) is 14.4 Å². The van der Waals surface area contributed by atoms with Gasteiger partial charge in [0.1, 0.15) is 11.8 Å². The highest BCUT2D eigenvalue weighted by Crippen LogP contribution is 2.33. The predicted octanol–water partition coefficient (Wildman–Crippen LogP) is 3.92. The van der Waals surface area contributed by atoms with E-state index in [0.29, 0.717) is 17.9 Å². The molecule has 29 heavy (non-hydrogen) atoms. The summed E-state index contributed by atoms with van der Waals surface area (Å²) in [7, 11) is 1.57. The van der Waals surface area contributed by atoms with Crippen molar-refractivity contribution in [3.63, 3.8) is 0 Å². The molecule has 1 saturated carbocycles. The molecule has 0 N–H and O–H groups in total. The van der Waals surface area contributed by atoms with Crippen molar-refractivity contribution in [3.8, 4) is 5.75 Å². The molecule has 1 unspecified atom stereocenters. The molecule has 1 saturated heterocycles. The molecule has 6 heteroatoms. The van der Waals surface area contributed by atoms with Crippen LogP contribution in [0.3, 0.4) is 0 Å². The fraction of sp³-hybridized carbons (Fsp3) is 0.609. The van der Waals surface area contributed by atoms with Gasteiger partial charge in [-0.3, -0.25) is 14.4 Å². The second-order valence-corrected chi connectivity index (χ2v) is 9.32. The fourth-order valence-corrected chi connectivity index (χ4v) is 4.37. The largest absolute Gasteiger partial charge is 0.497 e. The number of ether oxygens (including phenoxy) is 1. The quantitative estimate of drug-likeness (QED) is 0.703. The number of hydrogen-bond acceptors (Lipinski definition) is 4. The highest BCUT2D eigenvalue weighted by molar-refractivity contribution is 6.23. The summed E-state index contributed by atoms with van der Waals surface area (Å²) in [6.07, 6.45) is 5.49. The summed E-state index contributed by atoms with van der Waals surface area (Å²) in [5.41, 5.74) is 0.348. The van der Waals surface area contributed by atoms with Gasteiger partial charge in [-0.2, -0.15) is 0 Å². The molecule has 1 heterocycles. The molecule has 158 valence electrons. The maximum Gasteiger partial charge on any atom is 0.257 e. The van der Waals surface area contributed by atoms with Crippen LogP contribution in [0, 0.1) is 5.41 Å². The summed E-state index contributed by atoms with van der Waals surface area (Å²) in [5.74, 6) is 0.0863. The normalized spacial score (nSPS) is 20.8. The molecule has 1 aromatic rings. The number of hydrogen-bond donors (Lipinski definition) is 0. The van der Waals surface area contributed by atoms with Crippen molar-refractivity contribution in [2.75, 3.05) is 12.0 Å². The van der Waals surface area contributed by atoms with Crippen LogP contribution in [0.2, 0.25) is 0 Å². The highest BCUT2D eigenvalue weighted by Gasteiger charge is 2.46. The highest BCUT2D eigenvalue weighted by atomic mass is 16.5. The van der Waals surface area contributed by atoms with Crippen molar-refractivity contribution < 1.29 is 19.1 Å². The van der Waals surface area contributed by atoms with E-state index in [4.69, 9.17) is 4.74 Å². The van der Waals surface area contributed by atoms with Crippen molar-refractivity contribution in [3.05, 3.63) is 24.3 Å². The summed E-state index contributed by atoms with van der Waals surface area (Å²) < 4.78 is 5.16. The third-order valence-corrected chi connectivity index (χ3v) is 5.73. The first kappa shape index (κ1) is 21.3. The Kier molecular flexibility index (Phi) is 6.30. The van der Waals surface area contributed by atoms with Gasteiger partial charge in [-0.15, -0.1) is 0 Å². The molecule has 2 fully saturated rings. The summed E-state index contributed by atoms with van der Waals surface area (Å²) in [4.78, 5) is 42.3. The predicted molar refractivity (Wildman–Crippen MR) is 112 cm³/mol. The lowest BCUT2D eigenvalue weighted by Crippen LogP contribution is -2.52. The van der Waals surface area contributed by atoms with Gasteiger partial charge in [-0.1, -0.05) is 40.0 Å². The van der Waals surface area contributed by atoms with Gasteiger partial charge in [0.15, 0.2) is 0 Å². The molecule has 6 nitrogen and oxygen atoms in total. The van der Waals surface area contributed by atoms with E-state index < -0.39 is 6.04 Å². The Bertz CT molecular complexity index is 760. The first-order valence-electron chi connectivity index (χ1n) is 10.5. The monoisotopic (exact) mass is 400 g/mol. The number of methoxy groups -OCH3 is 1. The number of anilines is 1. The van der Waals surface area contributed by atoms with Gasteiger partial charge >= 0.3 is 0 Å². The van der Waals surface area contributed by atoms with Crippen LogP contribution >= 0.6 is 0 Å². The maximum atomic E-state index is 13.3. The lowest BCUT2D eigenvalue weighted by atomic mass is 9.88. The second-order valence-electron chi connectivity index (χ2n) is 9.32. The molecule has 0 bridgehead atoms. The van der Waals surface area contributed by atoms with Crippen molar-refractivity contribution in [2.45, 2.75) is 77.8 Å². The number of rotatable bonds is 5. The maximum absolute atomic E-state index is 13.3. The van der Waals surface area contributed by atoms with Gasteiger partial charge in [0.05, 0.1) is 19.2 Å². The van der Waals surface area contributed by atoms with Crippen LogP contribution in [0.4, 0.5) is 5.69 Å². The zero-order valence-electron chi connectivity index (χ0n) is 17.9. The summed E-state index contributed by atoms with van der Waals surface area (Å²) in [6, 6.07) is 6.20. The number of amides is 3. The van der Waals surface area contributed by atoms with E-state index in [1.54, 1.807) is 36.3 Å². The van der Waals surface area contributed by atoms with Gasteiger partial charge in [0, 0.05) is 12.5 Å². The van der Waals surface area contributed by atoms with Gasteiger partial charge in [-0.25, -0.2) is 4.90 Å². The van der Waals surface area contributed by atoms with E-state index in [1.165, 1.54) is 4.90 Å². The summed E-state index contributed by atoms with van der Waals surface area (Å²) in [5, 5.41) is 0. The number of nitrogens with zero attached hydrogens (tertiary/aromatic N) is 2. The first-order chi connectivity index (χ1) is 13.7. The zero-order valence-corrected chi connectivity index (χ0v) is 17.9. The Labute approximate surface area is 173 Å². The van der Waals surface area contributed by atoms with E-state index in [-0.39, 0.29) is 35.6 Å². The Morgan fingerprint density at radius 2 is 1.72 bits per heavy atom. The second kappa shape index (κ2) is 8.56. The van der Waals surface area contributed by atoms with Crippen LogP contribution < -0.4 is 9.64 Å². The lowest BCUT2D eigenvalue weighted by Gasteiger charge is -2.38. The van der Waals surface area contributed by atoms with Crippen molar-refractivity contribution in [1.29, 1.82) is 0 Å². The van der Waals surface area contributed by atoms with Crippen LogP contribution in [0.25, 0.3) is 0 Å². The molecular formula is C23H32N2O4. The average Bonchev–Trinajstić information content (AvgIpc) is 2.95. The molecule has 2 aliphatic rings. The molecule has 0 radical (unpaired) electrons. The average molecular weight is 401 g/mol. The van der Waals surface area contributed by atoms with Crippen LogP contribution in [-0.4, -0.2) is 41.8 Å². The van der Waals surface area contributed by atoms with E-state index >= 15 is 0 Å². The molecule has 0 spiro atoms. The molecule has 3 amide bonds. The Hall–Kier alpha value is -2.37. The smallest absolute Gasteiger partial charge is 0.257 e. The van der Waals surface area contributed by atoms with E-state index in [2.05, 4.69) is 0 Å². The molecule has 1 aromatic carbocycles. The lowest BCUT2D eigenvalue weighted by molar-refractivity contribution is -0.143. The molecule has 0 aromatic heterocycles. The first-order valence-corrected chi connectivity index (χ1v) is 10.5. The number of benzene rings is 1. The molecule has 3 rings (SSSR count). The molecule has 1 atom stereocenters. The minimum Gasteiger partial charge on any atom is -0.497 e. The minimum atomic E-state index is -0.706. The van der Waals surface area contributed by atoms with Crippen LogP contribution in [0.15, 0.2) is 24.3 Å². The van der Waals surface area contributed by atoms with Gasteiger partial charge in [0.2, 0.25) is 11.8 Å². The Morgan fingerprint density at radius 3 is 2.28 bits per heavy atom. The third kappa shape index (κ3) is 4.80. The SMILES string of the molecule is COc1ccc(N2C(=O)CC(N(C(=O)CC(C)(C)C)C3CCCCC3)C2=O)cc1. The van der Waals surface area contributed by atoms with Crippen molar-refractivity contribution >= 4 is 23.4 Å². The molecular weight excluding hydrogens is 368 g/mol. The molecule has 1 aliphatic carbocycles. The number of carbonyl (C=O) groups excluding carboxylic acids is 3. The molecule has 1 aliphatic heterocycles. The zero-order chi connectivity index (χ0) is 21.2. The van der Waals surface area contributed by atoms with Crippen molar-refractivity contribution in [2.24, 2.45) is 5.41 Å². The van der Waals surface area contributed by atoms with Gasteiger partial charge < -0.3 is 9.64 Å². The van der Waals surface area contributed by atoms with Crippen LogP contribution in [0.1, 0.15) is 65.7 Å². The number of carbonyl (C=O) groups is 3. The topological polar surface area (TPSA) is 66.9 Å². The fourth-order valence-electron chi connectivity index (χ4n) is 4.37. The van der Waals surface area contributed by atoms with Crippen LogP contribution in [0.5, 0.6) is 5.75 Å². The van der Waals surface area contributed by atoms with E-state index in [0.717, 1.165) is 32.1 Å². The van der Waals surface area contributed by atoms with Gasteiger partial charge in [0.25, 0.3) is 5.91 Å². The van der Waals surface area contributed by atoms with Crippen molar-refractivity contribution in [1.82, 2.24) is 4.90 Å². The van der Waals surface area contributed by atoms with E-state index in [9.17, 15) is 14.4 Å². The summed E-state index contributed by atoms with van der Waals surface area (Å²) >= 11 is 0. The summed E-state index contributed by atoms with van der Waals surface area (Å²) in [6.45, 7) is 6.07.